The van der Waals surface area contributed by atoms with Crippen molar-refractivity contribution in [3.63, 3.8) is 0 Å². The normalized spacial score (nSPS) is 10.7. The van der Waals surface area contributed by atoms with Gasteiger partial charge in [-0.25, -0.2) is 4.79 Å². The lowest BCUT2D eigenvalue weighted by Crippen LogP contribution is -2.30. The fraction of sp³-hybridized carbons (Fsp3) is 0.148. The quantitative estimate of drug-likeness (QED) is 0.460. The molecule has 0 aliphatic carbocycles. The topological polar surface area (TPSA) is 77.4 Å². The van der Waals surface area contributed by atoms with E-state index in [1.54, 1.807) is 12.1 Å². The number of pyridine rings is 1. The van der Waals surface area contributed by atoms with Gasteiger partial charge in [0.05, 0.1) is 0 Å². The van der Waals surface area contributed by atoms with Crippen molar-refractivity contribution in [1.29, 1.82) is 0 Å². The second-order valence-corrected chi connectivity index (χ2v) is 7.84. The smallest absolute Gasteiger partial charge is 0.356 e. The third-order valence-electron chi connectivity index (χ3n) is 5.50. The number of aryl methyl sites for hydroxylation is 1. The van der Waals surface area contributed by atoms with Crippen LogP contribution < -0.4 is 10.9 Å². The molecule has 1 N–H and O–H groups in total. The monoisotopic (exact) mass is 440 g/mol. The van der Waals surface area contributed by atoms with Crippen molar-refractivity contribution in [3.8, 4) is 11.1 Å². The summed E-state index contributed by atoms with van der Waals surface area (Å²) in [6.07, 6.45) is 0. The van der Waals surface area contributed by atoms with Crippen LogP contribution >= 0.6 is 0 Å². The Morgan fingerprint density at radius 2 is 1.52 bits per heavy atom. The Labute approximate surface area is 191 Å². The summed E-state index contributed by atoms with van der Waals surface area (Å²) in [5.41, 5.74) is 3.26. The Kier molecular flexibility index (Phi) is 6.36. The van der Waals surface area contributed by atoms with Crippen LogP contribution in [-0.4, -0.2) is 23.1 Å². The summed E-state index contributed by atoms with van der Waals surface area (Å²) in [6.45, 7) is 1.88. The molecule has 4 aromatic rings. The minimum Gasteiger partial charge on any atom is -0.451 e. The highest BCUT2D eigenvalue weighted by molar-refractivity contribution is 6.06. The number of benzene rings is 3. The molecule has 6 nitrogen and oxygen atoms in total. The van der Waals surface area contributed by atoms with Gasteiger partial charge in [-0.3, -0.25) is 9.59 Å². The van der Waals surface area contributed by atoms with E-state index in [4.69, 9.17) is 4.74 Å². The van der Waals surface area contributed by atoms with E-state index >= 15 is 0 Å². The highest BCUT2D eigenvalue weighted by Crippen LogP contribution is 2.30. The minimum absolute atomic E-state index is 0.108. The number of fused-ring (bicyclic) bond motifs is 1. The molecule has 0 spiro atoms. The van der Waals surface area contributed by atoms with Gasteiger partial charge in [0.25, 0.3) is 11.5 Å². The van der Waals surface area contributed by atoms with Gasteiger partial charge in [-0.2, -0.15) is 0 Å². The van der Waals surface area contributed by atoms with Crippen LogP contribution in [0.4, 0.5) is 0 Å². The van der Waals surface area contributed by atoms with Gasteiger partial charge in [0.1, 0.15) is 5.69 Å². The maximum absolute atomic E-state index is 13.1. The molecule has 0 radical (unpaired) electrons. The molecule has 0 aliphatic heterocycles. The Morgan fingerprint density at radius 1 is 0.879 bits per heavy atom. The number of rotatable bonds is 6. The van der Waals surface area contributed by atoms with E-state index in [1.807, 2.05) is 73.7 Å². The molecule has 0 atom stereocenters. The summed E-state index contributed by atoms with van der Waals surface area (Å²) in [6, 6.07) is 24.3. The van der Waals surface area contributed by atoms with E-state index in [-0.39, 0.29) is 11.3 Å². The molecule has 0 fully saturated rings. The van der Waals surface area contributed by atoms with Crippen molar-refractivity contribution in [2.45, 2.75) is 13.5 Å². The second kappa shape index (κ2) is 9.53. The number of amides is 1. The molecule has 1 heterocycles. The van der Waals surface area contributed by atoms with Crippen LogP contribution in [0, 0.1) is 6.92 Å². The van der Waals surface area contributed by atoms with Crippen molar-refractivity contribution >= 4 is 22.6 Å². The van der Waals surface area contributed by atoms with Crippen molar-refractivity contribution in [2.24, 2.45) is 7.05 Å². The van der Waals surface area contributed by atoms with Crippen LogP contribution in [-0.2, 0) is 23.1 Å². The molecule has 33 heavy (non-hydrogen) atoms. The van der Waals surface area contributed by atoms with E-state index in [0.717, 1.165) is 16.7 Å². The molecule has 1 amide bonds. The van der Waals surface area contributed by atoms with Crippen LogP contribution in [0.15, 0.2) is 83.7 Å². The van der Waals surface area contributed by atoms with Crippen molar-refractivity contribution < 1.29 is 14.3 Å². The zero-order valence-electron chi connectivity index (χ0n) is 18.5. The van der Waals surface area contributed by atoms with Gasteiger partial charge in [0.2, 0.25) is 0 Å². The maximum Gasteiger partial charge on any atom is 0.356 e. The number of esters is 1. The average Bonchev–Trinajstić information content (AvgIpc) is 2.84. The first-order valence-corrected chi connectivity index (χ1v) is 10.6. The summed E-state index contributed by atoms with van der Waals surface area (Å²) in [7, 11) is 1.54. The van der Waals surface area contributed by atoms with Gasteiger partial charge in [0, 0.05) is 24.5 Å². The number of carbonyl (C=O) groups excluding carboxylic acids is 2. The summed E-state index contributed by atoms with van der Waals surface area (Å²) >= 11 is 0. The minimum atomic E-state index is -0.732. The first-order chi connectivity index (χ1) is 16.0. The van der Waals surface area contributed by atoms with Gasteiger partial charge in [-0.1, -0.05) is 78.4 Å². The third-order valence-corrected chi connectivity index (χ3v) is 5.50. The highest BCUT2D eigenvalue weighted by atomic mass is 16.5. The lowest BCUT2D eigenvalue weighted by molar-refractivity contribution is -0.124. The number of hydrogen-bond donors (Lipinski definition) is 1. The zero-order valence-corrected chi connectivity index (χ0v) is 18.5. The van der Waals surface area contributed by atoms with E-state index < -0.39 is 18.5 Å². The predicted octanol–water partition coefficient (Wildman–Crippen LogP) is 3.99. The predicted molar refractivity (Wildman–Crippen MR) is 128 cm³/mol. The number of aromatic nitrogens is 1. The van der Waals surface area contributed by atoms with Gasteiger partial charge in [-0.05, 0) is 29.5 Å². The molecule has 0 saturated carbocycles. The molecule has 0 bridgehead atoms. The molecule has 0 saturated heterocycles. The van der Waals surface area contributed by atoms with E-state index in [1.165, 1.54) is 11.6 Å². The lowest BCUT2D eigenvalue weighted by Gasteiger charge is -2.16. The second-order valence-electron chi connectivity index (χ2n) is 7.84. The fourth-order valence-corrected chi connectivity index (χ4v) is 3.76. The van der Waals surface area contributed by atoms with E-state index in [2.05, 4.69) is 5.32 Å². The van der Waals surface area contributed by atoms with Gasteiger partial charge in [-0.15, -0.1) is 0 Å². The molecular formula is C27H24N2O4. The van der Waals surface area contributed by atoms with Crippen molar-refractivity contribution in [1.82, 2.24) is 9.88 Å². The number of ether oxygens (including phenoxy) is 1. The largest absolute Gasteiger partial charge is 0.451 e. The summed E-state index contributed by atoms with van der Waals surface area (Å²) < 4.78 is 6.62. The molecule has 0 unspecified atom stereocenters. The molecule has 166 valence electrons. The van der Waals surface area contributed by atoms with E-state index in [9.17, 15) is 14.4 Å². The van der Waals surface area contributed by atoms with Gasteiger partial charge in [0.15, 0.2) is 6.61 Å². The Hall–Kier alpha value is -4.19. The average molecular weight is 440 g/mol. The first-order valence-electron chi connectivity index (χ1n) is 10.6. The standard InChI is InChI=1S/C27H24N2O4/c1-18-12-14-19(15-13-18)16-28-23(30)17-33-27(32)25-24(20-8-4-3-5-9-20)21-10-6-7-11-22(21)26(31)29(25)2/h3-15H,16-17H2,1-2H3,(H,28,30). The Balaban J connectivity index is 1.60. The van der Waals surface area contributed by atoms with Gasteiger partial charge >= 0.3 is 5.97 Å². The van der Waals surface area contributed by atoms with Gasteiger partial charge < -0.3 is 14.6 Å². The van der Waals surface area contributed by atoms with Crippen molar-refractivity contribution in [2.75, 3.05) is 6.61 Å². The molecule has 1 aromatic heterocycles. The van der Waals surface area contributed by atoms with Crippen LogP contribution in [0.25, 0.3) is 21.9 Å². The zero-order chi connectivity index (χ0) is 23.4. The number of nitrogens with zero attached hydrogens (tertiary/aromatic N) is 1. The summed E-state index contributed by atoms with van der Waals surface area (Å²) in [5.74, 6) is -1.15. The number of hydrogen-bond acceptors (Lipinski definition) is 4. The van der Waals surface area contributed by atoms with E-state index in [0.29, 0.717) is 22.9 Å². The SMILES string of the molecule is Cc1ccc(CNC(=O)COC(=O)c2c(-c3ccccc3)c3ccccc3c(=O)n2C)cc1. The summed E-state index contributed by atoms with van der Waals surface area (Å²) in [5, 5.41) is 3.90. The Morgan fingerprint density at radius 3 is 2.21 bits per heavy atom. The van der Waals surface area contributed by atoms with Crippen LogP contribution in [0.5, 0.6) is 0 Å². The molecule has 4 rings (SSSR count). The molecular weight excluding hydrogens is 416 g/mol. The number of nitrogens with one attached hydrogen (secondary N) is 1. The first kappa shape index (κ1) is 22.0. The highest BCUT2D eigenvalue weighted by Gasteiger charge is 2.23. The van der Waals surface area contributed by atoms with Crippen LogP contribution in [0.3, 0.4) is 0 Å². The van der Waals surface area contributed by atoms with Crippen molar-refractivity contribution in [3.05, 3.63) is 106 Å². The fourth-order valence-electron chi connectivity index (χ4n) is 3.76. The molecule has 3 aromatic carbocycles. The maximum atomic E-state index is 13.1. The lowest BCUT2D eigenvalue weighted by atomic mass is 9.97. The number of carbonyl (C=O) groups is 2. The third kappa shape index (κ3) is 4.70. The molecule has 6 heteroatoms. The van der Waals surface area contributed by atoms with Crippen LogP contribution in [0.2, 0.25) is 0 Å². The Bertz CT molecular complexity index is 1370. The van der Waals surface area contributed by atoms with Crippen LogP contribution in [0.1, 0.15) is 21.6 Å². The molecule has 0 aliphatic rings. The summed E-state index contributed by atoms with van der Waals surface area (Å²) in [4.78, 5) is 38.3.